The zero-order chi connectivity index (χ0) is 15.7. The second kappa shape index (κ2) is 6.17. The summed E-state index contributed by atoms with van der Waals surface area (Å²) in [6, 6.07) is 7.89. The maximum atomic E-state index is 12.5. The van der Waals surface area contributed by atoms with Crippen LogP contribution in [0.1, 0.15) is 26.7 Å². The number of nitrogens with zero attached hydrogens (tertiary/aromatic N) is 2. The number of benzene rings is 1. The van der Waals surface area contributed by atoms with Crippen LogP contribution in [0.25, 0.3) is 10.9 Å². The molecule has 3 nitrogen and oxygen atoms in total. The Bertz CT molecular complexity index is 715. The Morgan fingerprint density at radius 2 is 2.09 bits per heavy atom. The van der Waals surface area contributed by atoms with Crippen LogP contribution in [0.3, 0.4) is 0 Å². The summed E-state index contributed by atoms with van der Waals surface area (Å²) in [5, 5.41) is 1.81. The van der Waals surface area contributed by atoms with E-state index in [1.54, 1.807) is 0 Å². The van der Waals surface area contributed by atoms with Crippen molar-refractivity contribution in [2.45, 2.75) is 31.4 Å². The van der Waals surface area contributed by atoms with Crippen LogP contribution in [0, 0.1) is 0 Å². The van der Waals surface area contributed by atoms with Gasteiger partial charge in [-0.15, -0.1) is 0 Å². The first-order chi connectivity index (χ1) is 10.6. The monoisotopic (exact) mass is 336 g/mol. The minimum atomic E-state index is -0.747. The Hall–Kier alpha value is -1.13. The molecule has 1 aliphatic heterocycles. The SMILES string of the molecule is CCC1(CC)CN(c2ccnc3cc(Cl)ccc23)CCS1=O. The van der Waals surface area contributed by atoms with E-state index in [0.29, 0.717) is 5.02 Å². The van der Waals surface area contributed by atoms with E-state index in [9.17, 15) is 4.21 Å². The van der Waals surface area contributed by atoms with Crippen LogP contribution in [0.5, 0.6) is 0 Å². The van der Waals surface area contributed by atoms with Crippen LogP contribution >= 0.6 is 11.6 Å². The number of hydrogen-bond acceptors (Lipinski definition) is 3. The fourth-order valence-electron chi connectivity index (χ4n) is 3.29. The Balaban J connectivity index is 2.03. The Labute approximate surface area is 139 Å². The highest BCUT2D eigenvalue weighted by Crippen LogP contribution is 2.34. The molecule has 2 aromatic rings. The molecule has 1 saturated heterocycles. The summed E-state index contributed by atoms with van der Waals surface area (Å²) in [7, 11) is -0.747. The Morgan fingerprint density at radius 1 is 1.32 bits per heavy atom. The van der Waals surface area contributed by atoms with Gasteiger partial charge in [-0.2, -0.15) is 0 Å². The smallest absolute Gasteiger partial charge is 0.0737 e. The molecule has 0 aliphatic carbocycles. The summed E-state index contributed by atoms with van der Waals surface area (Å²) in [4.78, 5) is 6.79. The van der Waals surface area contributed by atoms with Crippen LogP contribution in [0.4, 0.5) is 5.69 Å². The molecular weight excluding hydrogens is 316 g/mol. The topological polar surface area (TPSA) is 33.2 Å². The first-order valence-electron chi connectivity index (χ1n) is 7.77. The minimum absolute atomic E-state index is 0.0970. The van der Waals surface area contributed by atoms with Crippen LogP contribution in [0.2, 0.25) is 5.02 Å². The summed E-state index contributed by atoms with van der Waals surface area (Å²) >= 11 is 6.07. The van der Waals surface area contributed by atoms with Crippen molar-refractivity contribution in [3.8, 4) is 0 Å². The highest BCUT2D eigenvalue weighted by Gasteiger charge is 2.39. The lowest BCUT2D eigenvalue weighted by molar-refractivity contribution is 0.496. The number of fused-ring (bicyclic) bond motifs is 1. The maximum absolute atomic E-state index is 12.5. The van der Waals surface area contributed by atoms with Crippen molar-refractivity contribution in [3.63, 3.8) is 0 Å². The van der Waals surface area contributed by atoms with E-state index >= 15 is 0 Å². The fourth-order valence-corrected chi connectivity index (χ4v) is 5.22. The van der Waals surface area contributed by atoms with E-state index in [1.165, 1.54) is 5.69 Å². The normalized spacial score (nSPS) is 21.2. The third kappa shape index (κ3) is 2.63. The summed E-state index contributed by atoms with van der Waals surface area (Å²) in [5.41, 5.74) is 2.08. The first kappa shape index (κ1) is 15.8. The van der Waals surface area contributed by atoms with Gasteiger partial charge >= 0.3 is 0 Å². The number of pyridine rings is 1. The summed E-state index contributed by atoms with van der Waals surface area (Å²) in [6.07, 6.45) is 3.72. The standard InChI is InChI=1S/C17H21ClN2OS/c1-3-17(4-2)12-20(9-10-22(17)21)16-7-8-19-15-11-13(18)5-6-14(15)16/h5-8,11H,3-4,9-10,12H2,1-2H3. The molecule has 5 heteroatoms. The van der Waals surface area contributed by atoms with Crippen LogP contribution < -0.4 is 4.90 Å². The predicted molar refractivity (Wildman–Crippen MR) is 95.3 cm³/mol. The number of halogens is 1. The lowest BCUT2D eigenvalue weighted by atomic mass is 10.0. The molecular formula is C17H21ClN2OS. The molecule has 0 N–H and O–H groups in total. The van der Waals surface area contributed by atoms with Gasteiger partial charge in [0.15, 0.2) is 0 Å². The van der Waals surface area contributed by atoms with E-state index in [0.717, 1.165) is 42.6 Å². The van der Waals surface area contributed by atoms with Crippen molar-refractivity contribution in [2.75, 3.05) is 23.7 Å². The highest BCUT2D eigenvalue weighted by molar-refractivity contribution is 7.86. The van der Waals surface area contributed by atoms with E-state index in [1.807, 2.05) is 24.4 Å². The molecule has 1 fully saturated rings. The summed E-state index contributed by atoms with van der Waals surface area (Å²) in [5.74, 6) is 0.735. The molecule has 118 valence electrons. The lowest BCUT2D eigenvalue weighted by Gasteiger charge is -2.42. The number of aromatic nitrogens is 1. The van der Waals surface area contributed by atoms with Gasteiger partial charge < -0.3 is 4.90 Å². The quantitative estimate of drug-likeness (QED) is 0.848. The number of anilines is 1. The van der Waals surface area contributed by atoms with Gasteiger partial charge in [0.05, 0.1) is 10.3 Å². The van der Waals surface area contributed by atoms with Crippen molar-refractivity contribution in [2.24, 2.45) is 0 Å². The van der Waals surface area contributed by atoms with Gasteiger partial charge in [0, 0.05) is 51.9 Å². The van der Waals surface area contributed by atoms with Crippen molar-refractivity contribution >= 4 is 39.0 Å². The number of rotatable bonds is 3. The lowest BCUT2D eigenvalue weighted by Crippen LogP contribution is -2.53. The highest BCUT2D eigenvalue weighted by atomic mass is 35.5. The summed E-state index contributed by atoms with van der Waals surface area (Å²) in [6.45, 7) is 5.97. The van der Waals surface area contributed by atoms with E-state index < -0.39 is 10.8 Å². The molecule has 0 amide bonds. The zero-order valence-electron chi connectivity index (χ0n) is 13.0. The van der Waals surface area contributed by atoms with Gasteiger partial charge in [-0.1, -0.05) is 25.4 Å². The van der Waals surface area contributed by atoms with Crippen LogP contribution in [0.15, 0.2) is 30.5 Å². The van der Waals surface area contributed by atoms with Crippen LogP contribution in [-0.4, -0.2) is 32.8 Å². The molecule has 1 atom stereocenters. The van der Waals surface area contributed by atoms with Gasteiger partial charge in [0.1, 0.15) is 0 Å². The third-order valence-corrected chi connectivity index (χ3v) is 7.28. The third-order valence-electron chi connectivity index (χ3n) is 4.82. The van der Waals surface area contributed by atoms with E-state index in [-0.39, 0.29) is 4.75 Å². The molecule has 22 heavy (non-hydrogen) atoms. The van der Waals surface area contributed by atoms with Gasteiger partial charge in [-0.25, -0.2) is 0 Å². The second-order valence-electron chi connectivity index (χ2n) is 5.85. The van der Waals surface area contributed by atoms with E-state index in [4.69, 9.17) is 11.6 Å². The van der Waals surface area contributed by atoms with Gasteiger partial charge in [0.25, 0.3) is 0 Å². The molecule has 0 saturated carbocycles. The molecule has 1 aromatic heterocycles. The molecule has 1 aromatic carbocycles. The zero-order valence-corrected chi connectivity index (χ0v) is 14.6. The van der Waals surface area contributed by atoms with Gasteiger partial charge in [-0.3, -0.25) is 9.19 Å². The molecule has 0 radical (unpaired) electrons. The van der Waals surface area contributed by atoms with Crippen molar-refractivity contribution < 1.29 is 4.21 Å². The largest absolute Gasteiger partial charge is 0.369 e. The van der Waals surface area contributed by atoms with Crippen LogP contribution in [-0.2, 0) is 10.8 Å². The fraction of sp³-hybridized carbons (Fsp3) is 0.471. The van der Waals surface area contributed by atoms with Crippen molar-refractivity contribution in [3.05, 3.63) is 35.5 Å². The van der Waals surface area contributed by atoms with Gasteiger partial charge in [-0.05, 0) is 37.1 Å². The maximum Gasteiger partial charge on any atom is 0.0737 e. The Morgan fingerprint density at radius 3 is 2.82 bits per heavy atom. The van der Waals surface area contributed by atoms with Crippen molar-refractivity contribution in [1.29, 1.82) is 0 Å². The Kier molecular flexibility index (Phi) is 4.42. The molecule has 3 rings (SSSR count). The van der Waals surface area contributed by atoms with Gasteiger partial charge in [0.2, 0.25) is 0 Å². The number of hydrogen-bond donors (Lipinski definition) is 0. The average molecular weight is 337 g/mol. The molecule has 1 unspecified atom stereocenters. The second-order valence-corrected chi connectivity index (χ2v) is 8.25. The predicted octanol–water partition coefficient (Wildman–Crippen LogP) is 4.02. The van der Waals surface area contributed by atoms with E-state index in [2.05, 4.69) is 29.8 Å². The minimum Gasteiger partial charge on any atom is -0.369 e. The summed E-state index contributed by atoms with van der Waals surface area (Å²) < 4.78 is 12.4. The molecule has 0 bridgehead atoms. The molecule has 0 spiro atoms. The molecule has 2 heterocycles. The van der Waals surface area contributed by atoms with Crippen molar-refractivity contribution in [1.82, 2.24) is 4.98 Å². The first-order valence-corrected chi connectivity index (χ1v) is 9.47. The molecule has 1 aliphatic rings. The average Bonchev–Trinajstić information content (AvgIpc) is 2.55.